The number of hydrogen-bond donors (Lipinski definition) is 4. The lowest BCUT2D eigenvalue weighted by atomic mass is 9.84. The van der Waals surface area contributed by atoms with Crippen LogP contribution in [0.1, 0.15) is 35.1 Å². The molecule has 0 spiro atoms. The average Bonchev–Trinajstić information content (AvgIpc) is 2.67. The van der Waals surface area contributed by atoms with E-state index in [1.165, 1.54) is 23.6 Å². The van der Waals surface area contributed by atoms with E-state index >= 15 is 0 Å². The summed E-state index contributed by atoms with van der Waals surface area (Å²) in [7, 11) is 0. The van der Waals surface area contributed by atoms with Gasteiger partial charge in [-0.3, -0.25) is 0 Å². The molecular formula is C21H21N5. The summed E-state index contributed by atoms with van der Waals surface area (Å²) in [4.78, 5) is 4.93. The molecule has 5 nitrogen and oxygen atoms in total. The summed E-state index contributed by atoms with van der Waals surface area (Å²) < 4.78 is 0. The highest BCUT2D eigenvalue weighted by atomic mass is 14.7. The fourth-order valence-electron chi connectivity index (χ4n) is 3.91. The lowest BCUT2D eigenvalue weighted by Gasteiger charge is -2.23. The Morgan fingerprint density at radius 2 is 1.65 bits per heavy atom. The van der Waals surface area contributed by atoms with E-state index < -0.39 is 0 Å². The summed E-state index contributed by atoms with van der Waals surface area (Å²) in [5, 5.41) is 16.3. The van der Waals surface area contributed by atoms with Crippen LogP contribution in [0.3, 0.4) is 0 Å². The molecule has 5 heteroatoms. The molecule has 0 aliphatic heterocycles. The lowest BCUT2D eigenvalue weighted by molar-refractivity contribution is 0.689. The van der Waals surface area contributed by atoms with Gasteiger partial charge < -0.3 is 22.3 Å². The third-order valence-electron chi connectivity index (χ3n) is 5.21. The van der Waals surface area contributed by atoms with Crippen LogP contribution in [-0.4, -0.2) is 17.4 Å². The Hall–Kier alpha value is -3.21. The summed E-state index contributed by atoms with van der Waals surface area (Å²) in [6, 6.07) is 9.50. The van der Waals surface area contributed by atoms with Crippen LogP contribution in [0.25, 0.3) is 22.2 Å². The van der Waals surface area contributed by atoms with Crippen LogP contribution in [0.4, 0.5) is 11.4 Å². The second kappa shape index (κ2) is 6.26. The first-order chi connectivity index (χ1) is 12.6. The number of nitrogens with one attached hydrogen (secondary N) is 2. The van der Waals surface area contributed by atoms with Gasteiger partial charge in [0.25, 0.3) is 0 Å². The van der Waals surface area contributed by atoms with E-state index in [-0.39, 0.29) is 0 Å². The molecule has 0 fully saturated rings. The van der Waals surface area contributed by atoms with Gasteiger partial charge in [0, 0.05) is 45.9 Å². The summed E-state index contributed by atoms with van der Waals surface area (Å²) in [6.07, 6.45) is 6.80. The van der Waals surface area contributed by atoms with Gasteiger partial charge in [-0.2, -0.15) is 0 Å². The first-order valence-corrected chi connectivity index (χ1v) is 8.79. The molecule has 1 heterocycles. The highest BCUT2D eigenvalue weighted by Crippen LogP contribution is 2.37. The molecule has 0 saturated carbocycles. The standard InChI is InChI=1S/C21H21N5/c22-10-13-6-5-12(9-18(13)25)21-15-4-2-1-3-14(15)20-16(11-23)17(24)7-8-19(20)26-21/h5-11,22-23H,1-4,24-25H2. The predicted molar refractivity (Wildman–Crippen MR) is 108 cm³/mol. The van der Waals surface area contributed by atoms with Crippen LogP contribution >= 0.6 is 0 Å². The van der Waals surface area contributed by atoms with Gasteiger partial charge in [0.1, 0.15) is 0 Å². The largest absolute Gasteiger partial charge is 0.398 e. The summed E-state index contributed by atoms with van der Waals surface area (Å²) >= 11 is 0. The van der Waals surface area contributed by atoms with Crippen molar-refractivity contribution in [3.8, 4) is 11.3 Å². The van der Waals surface area contributed by atoms with E-state index in [0.29, 0.717) is 16.9 Å². The van der Waals surface area contributed by atoms with Gasteiger partial charge >= 0.3 is 0 Å². The van der Waals surface area contributed by atoms with Gasteiger partial charge in [0.15, 0.2) is 0 Å². The Morgan fingerprint density at radius 3 is 2.35 bits per heavy atom. The first-order valence-electron chi connectivity index (χ1n) is 8.79. The van der Waals surface area contributed by atoms with Crippen LogP contribution in [0.2, 0.25) is 0 Å². The van der Waals surface area contributed by atoms with Crippen LogP contribution in [-0.2, 0) is 12.8 Å². The maximum Gasteiger partial charge on any atom is 0.0745 e. The Bertz CT molecular complexity index is 1050. The molecule has 2 aromatic carbocycles. The first kappa shape index (κ1) is 16.3. The van der Waals surface area contributed by atoms with E-state index in [1.807, 2.05) is 30.3 Å². The quantitative estimate of drug-likeness (QED) is 0.427. The molecule has 26 heavy (non-hydrogen) atoms. The molecule has 130 valence electrons. The maximum absolute atomic E-state index is 7.80. The van der Waals surface area contributed by atoms with Crippen molar-refractivity contribution in [2.24, 2.45) is 0 Å². The molecule has 6 N–H and O–H groups in total. The van der Waals surface area contributed by atoms with Crippen molar-refractivity contribution in [2.45, 2.75) is 25.7 Å². The van der Waals surface area contributed by atoms with Crippen molar-refractivity contribution in [2.75, 3.05) is 11.5 Å². The third kappa shape index (κ3) is 2.44. The van der Waals surface area contributed by atoms with Crippen molar-refractivity contribution >= 4 is 34.7 Å². The zero-order valence-electron chi connectivity index (χ0n) is 14.5. The Morgan fingerprint density at radius 1 is 0.885 bits per heavy atom. The van der Waals surface area contributed by atoms with Crippen LogP contribution in [0, 0.1) is 10.8 Å². The zero-order chi connectivity index (χ0) is 18.3. The molecular weight excluding hydrogens is 322 g/mol. The van der Waals surface area contributed by atoms with Gasteiger partial charge in [-0.1, -0.05) is 12.1 Å². The van der Waals surface area contributed by atoms with Crippen molar-refractivity contribution in [1.29, 1.82) is 10.8 Å². The molecule has 3 aromatic rings. The van der Waals surface area contributed by atoms with Gasteiger partial charge in [0.2, 0.25) is 0 Å². The number of nitrogens with zero attached hydrogens (tertiary/aromatic N) is 1. The molecule has 1 aromatic heterocycles. The van der Waals surface area contributed by atoms with E-state index in [9.17, 15) is 0 Å². The number of hydrogen-bond acceptors (Lipinski definition) is 5. The topological polar surface area (TPSA) is 113 Å². The minimum Gasteiger partial charge on any atom is -0.398 e. The number of anilines is 2. The van der Waals surface area contributed by atoms with Gasteiger partial charge in [-0.25, -0.2) is 4.98 Å². The fourth-order valence-corrected chi connectivity index (χ4v) is 3.91. The number of pyridine rings is 1. The number of rotatable bonds is 3. The van der Waals surface area contributed by atoms with Gasteiger partial charge in [-0.15, -0.1) is 0 Å². The number of fused-ring (bicyclic) bond motifs is 3. The second-order valence-corrected chi connectivity index (χ2v) is 6.72. The highest BCUT2D eigenvalue weighted by molar-refractivity contribution is 6.05. The van der Waals surface area contributed by atoms with E-state index in [2.05, 4.69) is 0 Å². The molecule has 0 radical (unpaired) electrons. The van der Waals surface area contributed by atoms with Gasteiger partial charge in [-0.05, 0) is 55.0 Å². The molecule has 1 aliphatic carbocycles. The Balaban J connectivity index is 2.05. The van der Waals surface area contributed by atoms with Crippen molar-refractivity contribution in [3.63, 3.8) is 0 Å². The van der Waals surface area contributed by atoms with Crippen molar-refractivity contribution < 1.29 is 0 Å². The molecule has 0 saturated heterocycles. The molecule has 0 bridgehead atoms. The van der Waals surface area contributed by atoms with Crippen LogP contribution in [0.15, 0.2) is 30.3 Å². The minimum absolute atomic E-state index is 0.585. The van der Waals surface area contributed by atoms with E-state index in [1.54, 1.807) is 0 Å². The molecule has 0 atom stereocenters. The Labute approximate surface area is 152 Å². The predicted octanol–water partition coefficient (Wildman–Crippen LogP) is 3.94. The molecule has 0 amide bonds. The molecule has 1 aliphatic rings. The van der Waals surface area contributed by atoms with E-state index in [0.717, 1.165) is 53.4 Å². The normalized spacial score (nSPS) is 13.4. The number of aryl methyl sites for hydroxylation is 1. The zero-order valence-corrected chi connectivity index (χ0v) is 14.5. The summed E-state index contributed by atoms with van der Waals surface area (Å²) in [5.74, 6) is 0. The van der Waals surface area contributed by atoms with Crippen LogP contribution in [0.5, 0.6) is 0 Å². The number of benzene rings is 2. The monoisotopic (exact) mass is 343 g/mol. The number of nitrogen functional groups attached to an aromatic ring is 2. The average molecular weight is 343 g/mol. The van der Waals surface area contributed by atoms with Crippen LogP contribution < -0.4 is 11.5 Å². The molecule has 0 unspecified atom stereocenters. The second-order valence-electron chi connectivity index (χ2n) is 6.72. The summed E-state index contributed by atoms with van der Waals surface area (Å²) in [5.41, 5.74) is 20.2. The smallest absolute Gasteiger partial charge is 0.0745 e. The van der Waals surface area contributed by atoms with E-state index in [4.69, 9.17) is 27.3 Å². The van der Waals surface area contributed by atoms with Crippen molar-refractivity contribution in [1.82, 2.24) is 4.98 Å². The van der Waals surface area contributed by atoms with Gasteiger partial charge in [0.05, 0.1) is 11.2 Å². The third-order valence-corrected chi connectivity index (χ3v) is 5.21. The molecule has 4 rings (SSSR count). The van der Waals surface area contributed by atoms with Crippen molar-refractivity contribution in [3.05, 3.63) is 52.6 Å². The summed E-state index contributed by atoms with van der Waals surface area (Å²) in [6.45, 7) is 0. The SMILES string of the molecule is N=Cc1ccc(-c2nc3ccc(N)c(C=N)c3c3c2CCCC3)cc1N. The minimum atomic E-state index is 0.585. The highest BCUT2D eigenvalue weighted by Gasteiger charge is 2.21. The number of nitrogens with two attached hydrogens (primary N) is 2. The fraction of sp³-hybridized carbons (Fsp3) is 0.190. The number of aromatic nitrogens is 1. The maximum atomic E-state index is 7.80. The lowest BCUT2D eigenvalue weighted by Crippen LogP contribution is -2.10. The Kier molecular flexibility index (Phi) is 3.92.